The second-order valence-corrected chi connectivity index (χ2v) is 25.4. The lowest BCUT2D eigenvalue weighted by molar-refractivity contribution is -0.142. The van der Waals surface area contributed by atoms with E-state index in [2.05, 4.69) is 25.3 Å². The van der Waals surface area contributed by atoms with Gasteiger partial charge in [-0.05, 0) is 157 Å². The van der Waals surface area contributed by atoms with Crippen LogP contribution in [-0.4, -0.2) is 86.0 Å². The van der Waals surface area contributed by atoms with Crippen molar-refractivity contribution in [2.24, 2.45) is 27.6 Å². The summed E-state index contributed by atoms with van der Waals surface area (Å²) in [4.78, 5) is 54.3. The van der Waals surface area contributed by atoms with Gasteiger partial charge in [0.2, 0.25) is 0 Å². The van der Waals surface area contributed by atoms with Gasteiger partial charge in [0.1, 0.15) is 20.9 Å². The summed E-state index contributed by atoms with van der Waals surface area (Å²) in [7, 11) is 1.58. The van der Waals surface area contributed by atoms with E-state index in [1.54, 1.807) is 40.7 Å². The molecule has 4 aromatic rings. The third-order valence-electron chi connectivity index (χ3n) is 14.1. The Morgan fingerprint density at radius 1 is 0.759 bits per heavy atom. The highest BCUT2D eigenvalue weighted by molar-refractivity contribution is 14.1. The number of hydrogen-bond donors (Lipinski definition) is 2. The molecule has 1 saturated heterocycles. The molecule has 26 heteroatoms. The standard InChI is InChI=1S/C25H33BF2N2O6S.C21H17ClF3N3O2S.C7H4ClFIN/c1-21(2,3)34-20(32)29-19-30-24(8,16-12-25(16,37-19)18(31)33-9)14-10-13(11-15(27)17(14)28)26-35-22(4,5)23(6,7)36-26;1-20(16-8-21(16,18(29)30-2)31-19(26)28-20)12-5-10(7-14(24)17(12)25)6-13(23)15-4-3-11(22)9-27-15;8-5-1-2-7(11-4-5)6(9)3-10/h10-11,16H,12H2,1-9H3,(H,29,30,32);3-7,9,16H,8H2,1-2H3,(H2,26,28);1-4H/b;13-6-;6-3-/t16-,24+,25-;16-,20+,21-;/m00./s1. The molecule has 0 bridgehead atoms. The van der Waals surface area contributed by atoms with Crippen LogP contribution in [0.3, 0.4) is 0 Å². The van der Waals surface area contributed by atoms with Gasteiger partial charge in [-0.3, -0.25) is 34.9 Å². The highest BCUT2D eigenvalue weighted by Crippen LogP contribution is 2.68. The van der Waals surface area contributed by atoms with Crippen LogP contribution >= 0.6 is 69.3 Å². The fourth-order valence-corrected chi connectivity index (χ4v) is 12.7. The molecule has 3 fully saturated rings. The van der Waals surface area contributed by atoms with E-state index in [0.29, 0.717) is 28.6 Å². The first-order valence-electron chi connectivity index (χ1n) is 24.1. The Labute approximate surface area is 485 Å². The van der Waals surface area contributed by atoms with Crippen LogP contribution in [-0.2, 0) is 44.2 Å². The topological polar surface area (TPSA) is 186 Å². The predicted molar refractivity (Wildman–Crippen MR) is 303 cm³/mol. The van der Waals surface area contributed by atoms with Gasteiger partial charge < -0.3 is 29.3 Å². The van der Waals surface area contributed by atoms with E-state index in [9.17, 15) is 31.9 Å². The second-order valence-electron chi connectivity index (χ2n) is 21.3. The first-order chi connectivity index (χ1) is 36.7. The average Bonchev–Trinajstić information content (AvgIpc) is 4.40. The van der Waals surface area contributed by atoms with Crippen LogP contribution in [0.1, 0.15) is 103 Å². The molecule has 79 heavy (non-hydrogen) atoms. The molecule has 9 rings (SSSR count). The minimum Gasteiger partial charge on any atom is -0.468 e. The van der Waals surface area contributed by atoms with E-state index in [0.717, 1.165) is 41.7 Å². The van der Waals surface area contributed by atoms with Gasteiger partial charge >= 0.3 is 25.2 Å². The van der Waals surface area contributed by atoms with Crippen molar-refractivity contribution in [3.8, 4) is 0 Å². The number of nitrogens with zero attached hydrogens (tertiary/aromatic N) is 4. The number of ether oxygens (including phenoxy) is 3. The lowest BCUT2D eigenvalue weighted by Gasteiger charge is -2.34. The maximum atomic E-state index is 15.5. The van der Waals surface area contributed by atoms with Gasteiger partial charge in [0.05, 0.1) is 57.9 Å². The third-order valence-corrected chi connectivity index (χ3v) is 17.8. The van der Waals surface area contributed by atoms with Crippen molar-refractivity contribution >= 4 is 128 Å². The predicted octanol–water partition coefficient (Wildman–Crippen LogP) is 12.2. The molecule has 5 aliphatic rings. The van der Waals surface area contributed by atoms with Gasteiger partial charge in [0, 0.05) is 39.4 Å². The van der Waals surface area contributed by atoms with Crippen molar-refractivity contribution in [2.75, 3.05) is 14.2 Å². The van der Waals surface area contributed by atoms with Crippen molar-refractivity contribution in [3.05, 3.63) is 126 Å². The molecule has 0 spiro atoms. The maximum Gasteiger partial charge on any atom is 0.494 e. The number of nitrogens with two attached hydrogens (primary N) is 1. The van der Waals surface area contributed by atoms with Crippen molar-refractivity contribution in [1.82, 2.24) is 15.3 Å². The summed E-state index contributed by atoms with van der Waals surface area (Å²) in [5, 5.41) is 3.53. The zero-order valence-electron chi connectivity index (χ0n) is 44.4. The molecule has 3 N–H and O–H groups in total. The number of benzene rings is 2. The number of halogens is 9. The minimum atomic E-state index is -1.41. The van der Waals surface area contributed by atoms with Gasteiger partial charge in [-0.1, -0.05) is 52.8 Å². The van der Waals surface area contributed by atoms with Crippen LogP contribution < -0.4 is 16.5 Å². The summed E-state index contributed by atoms with van der Waals surface area (Å²) in [6.45, 7) is 15.8. The monoisotopic (exact) mass is 1290 g/mol. The fourth-order valence-electron chi connectivity index (χ4n) is 9.31. The number of carbonyl (C=O) groups excluding carboxylic acids is 3. The van der Waals surface area contributed by atoms with Crippen LogP contribution in [0.4, 0.5) is 31.1 Å². The van der Waals surface area contributed by atoms with Crippen LogP contribution in [0.15, 0.2) is 75.0 Å². The number of hydrogen-bond acceptors (Lipinski definition) is 15. The van der Waals surface area contributed by atoms with Crippen LogP contribution in [0.25, 0.3) is 17.7 Å². The molecule has 2 aromatic heterocycles. The summed E-state index contributed by atoms with van der Waals surface area (Å²) in [5.41, 5.74) is 1.52. The lowest BCUT2D eigenvalue weighted by atomic mass is 9.75. The van der Waals surface area contributed by atoms with Gasteiger partial charge in [-0.25, -0.2) is 31.1 Å². The zero-order chi connectivity index (χ0) is 58.6. The van der Waals surface area contributed by atoms with E-state index in [1.807, 2.05) is 50.3 Å². The van der Waals surface area contributed by atoms with Crippen molar-refractivity contribution in [3.63, 3.8) is 0 Å². The number of alkyl carbamates (subject to hydrolysis) is 1. The first-order valence-corrected chi connectivity index (χ1v) is 27.7. The zero-order valence-corrected chi connectivity index (χ0v) is 49.7. The van der Waals surface area contributed by atoms with Crippen LogP contribution in [0, 0.1) is 35.1 Å². The molecule has 6 atom stereocenters. The Kier molecular flexibility index (Phi) is 17.8. The average molecular weight is 1290 g/mol. The Morgan fingerprint density at radius 3 is 1.72 bits per heavy atom. The number of aliphatic imine (C=N–C) groups is 2. The molecule has 2 saturated carbocycles. The quantitative estimate of drug-likeness (QED) is 0.0559. The summed E-state index contributed by atoms with van der Waals surface area (Å²) in [6, 6.07) is 10.7. The Hall–Kier alpha value is -4.86. The maximum absolute atomic E-state index is 15.5. The van der Waals surface area contributed by atoms with Crippen molar-refractivity contribution in [1.29, 1.82) is 0 Å². The SMILES string of the molecule is COC(=O)[C@]12C[C@H]1[C@@](C)(c1cc(/C=C(\F)c3ccc(Cl)cn3)cc(F)c1F)N=C(N)S2.COC(=O)[C@]12C[C@H]1[C@@](C)(c1cc(B3OC(C)(C)C(C)(C)O3)cc(F)c1F)N=C(NC(=O)OC(C)(C)C)S2.F/C(=C\I)c1ccc(Cl)cn1. The van der Waals surface area contributed by atoms with E-state index in [4.69, 9.17) is 52.5 Å². The molecule has 0 unspecified atom stereocenters. The highest BCUT2D eigenvalue weighted by Gasteiger charge is 2.73. The Balaban J connectivity index is 0.000000194. The molecule has 5 heterocycles. The summed E-state index contributed by atoms with van der Waals surface area (Å²) in [5.74, 6) is -7.58. The number of fused-ring (bicyclic) bond motifs is 2. The molecule has 1 amide bonds. The van der Waals surface area contributed by atoms with Crippen LogP contribution in [0.5, 0.6) is 0 Å². The molecule has 3 aliphatic heterocycles. The summed E-state index contributed by atoms with van der Waals surface area (Å²) >= 11 is 15.2. The number of amidine groups is 2. The van der Waals surface area contributed by atoms with Gasteiger partial charge in [0.25, 0.3) is 0 Å². The van der Waals surface area contributed by atoms with Crippen molar-refractivity contribution < 1.29 is 64.2 Å². The third kappa shape index (κ3) is 12.6. The van der Waals surface area contributed by atoms with Crippen molar-refractivity contribution in [2.45, 2.75) is 113 Å². The van der Waals surface area contributed by atoms with Gasteiger partial charge in [-0.2, -0.15) is 0 Å². The molecule has 0 radical (unpaired) electrons. The van der Waals surface area contributed by atoms with Gasteiger partial charge in [-0.15, -0.1) is 0 Å². The lowest BCUT2D eigenvalue weighted by Crippen LogP contribution is -2.44. The normalized spacial score (nSPS) is 26.3. The number of thioether (sulfide) groups is 2. The summed E-state index contributed by atoms with van der Waals surface area (Å²) in [6.07, 6.45) is 3.59. The molecule has 422 valence electrons. The minimum absolute atomic E-state index is 0.00914. The number of rotatable bonds is 8. The van der Waals surface area contributed by atoms with E-state index in [1.165, 1.54) is 61.0 Å². The number of methoxy groups -OCH3 is 2. The fraction of sp³-hybridized carbons (Fsp3) is 0.415. The van der Waals surface area contributed by atoms with Crippen LogP contribution in [0.2, 0.25) is 10.0 Å². The second kappa shape index (κ2) is 22.8. The molecule has 14 nitrogen and oxygen atoms in total. The Morgan fingerprint density at radius 2 is 1.24 bits per heavy atom. The number of pyridine rings is 2. The highest BCUT2D eigenvalue weighted by atomic mass is 127. The molecule has 2 aliphatic carbocycles. The number of amides is 1. The number of aromatic nitrogens is 2. The first kappa shape index (κ1) is 61.8. The molecular formula is C53H54BCl2F6IN6O8S2. The van der Waals surface area contributed by atoms with Gasteiger partial charge in [0.15, 0.2) is 39.4 Å². The molecule has 2 aromatic carbocycles. The largest absolute Gasteiger partial charge is 0.494 e. The van der Waals surface area contributed by atoms with E-state index < -0.39 is 103 Å². The van der Waals surface area contributed by atoms with E-state index in [-0.39, 0.29) is 44.0 Å². The Bertz CT molecular complexity index is 3200. The number of esters is 2. The van der Waals surface area contributed by atoms with E-state index >= 15 is 8.78 Å². The number of carbonyl (C=O) groups is 3. The number of nitrogens with one attached hydrogen (secondary N) is 1. The molecular weight excluding hydrogens is 1240 g/mol. The smallest absolute Gasteiger partial charge is 0.468 e. The summed E-state index contributed by atoms with van der Waals surface area (Å²) < 4.78 is 114.